The van der Waals surface area contributed by atoms with Gasteiger partial charge in [0.25, 0.3) is 5.91 Å². The molecule has 170 valence electrons. The zero-order chi connectivity index (χ0) is 22.6. The molecule has 2 saturated heterocycles. The van der Waals surface area contributed by atoms with Gasteiger partial charge in [0.15, 0.2) is 0 Å². The molecule has 0 saturated carbocycles. The number of rotatable bonds is 3. The summed E-state index contributed by atoms with van der Waals surface area (Å²) >= 11 is 0. The zero-order valence-electron chi connectivity index (χ0n) is 18.4. The number of carbonyl (C=O) groups is 2. The zero-order valence-corrected chi connectivity index (χ0v) is 18.4. The number of nitrogens with zero attached hydrogens (tertiary/aromatic N) is 4. The van der Waals surface area contributed by atoms with Crippen LogP contribution in [-0.2, 0) is 4.74 Å². The predicted octanol–water partition coefficient (Wildman–Crippen LogP) is 2.94. The Morgan fingerprint density at radius 2 is 1.48 bits per heavy atom. The summed E-state index contributed by atoms with van der Waals surface area (Å²) < 4.78 is 5.32. The number of benzene rings is 2. The average molecular weight is 446 g/mol. The van der Waals surface area contributed by atoms with Crippen LogP contribution in [0.25, 0.3) is 23.1 Å². The lowest BCUT2D eigenvalue weighted by Gasteiger charge is -2.38. The number of aromatic nitrogens is 2. The van der Waals surface area contributed by atoms with E-state index in [1.165, 1.54) is 0 Å². The van der Waals surface area contributed by atoms with Gasteiger partial charge in [-0.2, -0.15) is 5.10 Å². The van der Waals surface area contributed by atoms with Crippen molar-refractivity contribution >= 4 is 35.0 Å². The van der Waals surface area contributed by atoms with Crippen LogP contribution in [-0.4, -0.2) is 89.3 Å². The van der Waals surface area contributed by atoms with Crippen molar-refractivity contribution in [3.05, 3.63) is 65.4 Å². The van der Waals surface area contributed by atoms with Crippen molar-refractivity contribution in [3.8, 4) is 0 Å². The summed E-state index contributed by atoms with van der Waals surface area (Å²) in [6, 6.07) is 15.7. The predicted molar refractivity (Wildman–Crippen MR) is 127 cm³/mol. The molecule has 0 aliphatic carbocycles. The highest BCUT2D eigenvalue weighted by Gasteiger charge is 2.28. The number of H-pyrrole nitrogens is 1. The fraction of sp³-hybridized carbons (Fsp3) is 0.320. The van der Waals surface area contributed by atoms with Crippen LogP contribution in [0.15, 0.2) is 48.5 Å². The molecule has 1 N–H and O–H groups in total. The Labute approximate surface area is 192 Å². The number of ether oxygens (including phenoxy) is 1. The largest absolute Gasteiger partial charge is 0.378 e. The maximum atomic E-state index is 12.9. The summed E-state index contributed by atoms with van der Waals surface area (Å²) in [7, 11) is 0. The molecular weight excluding hydrogens is 418 g/mol. The molecule has 0 unspecified atom stereocenters. The molecule has 0 radical (unpaired) electrons. The molecule has 33 heavy (non-hydrogen) atoms. The molecule has 2 fully saturated rings. The van der Waals surface area contributed by atoms with Gasteiger partial charge in [-0.25, -0.2) is 4.79 Å². The summed E-state index contributed by atoms with van der Waals surface area (Å²) in [6.45, 7) is 4.65. The van der Waals surface area contributed by atoms with E-state index in [-0.39, 0.29) is 11.9 Å². The van der Waals surface area contributed by atoms with Crippen molar-refractivity contribution in [1.29, 1.82) is 0 Å². The minimum Gasteiger partial charge on any atom is -0.378 e. The van der Waals surface area contributed by atoms with E-state index in [2.05, 4.69) is 10.2 Å². The minimum absolute atomic E-state index is 0.00213. The van der Waals surface area contributed by atoms with E-state index < -0.39 is 0 Å². The summed E-state index contributed by atoms with van der Waals surface area (Å²) in [5.74, 6) is 0.00213. The van der Waals surface area contributed by atoms with Crippen LogP contribution in [0.2, 0.25) is 0 Å². The van der Waals surface area contributed by atoms with Crippen LogP contribution in [0.4, 0.5) is 4.79 Å². The third-order valence-electron chi connectivity index (χ3n) is 6.21. The number of hydrogen-bond donors (Lipinski definition) is 1. The number of fused-ring (bicyclic) bond motifs is 1. The van der Waals surface area contributed by atoms with Crippen molar-refractivity contribution in [2.75, 3.05) is 52.5 Å². The van der Waals surface area contributed by atoms with Crippen LogP contribution >= 0.6 is 0 Å². The molecule has 3 aromatic rings. The van der Waals surface area contributed by atoms with Gasteiger partial charge in [-0.05, 0) is 29.8 Å². The van der Waals surface area contributed by atoms with Gasteiger partial charge >= 0.3 is 6.03 Å². The van der Waals surface area contributed by atoms with Gasteiger partial charge in [-0.1, -0.05) is 36.4 Å². The van der Waals surface area contributed by atoms with E-state index in [1.54, 1.807) is 0 Å². The highest BCUT2D eigenvalue weighted by atomic mass is 16.5. The standard InChI is InChI=1S/C25H27N5O3/c31-24(28-11-13-29(14-12-28)25(32)30-15-17-33-18-16-30)20-8-5-19(6-9-20)7-10-23-21-3-1-2-4-22(21)26-27-23/h1-10H,11-18H2,(H,26,27)/b10-7+. The third kappa shape index (κ3) is 4.61. The van der Waals surface area contributed by atoms with E-state index in [0.717, 1.165) is 22.2 Å². The molecular formula is C25H27N5O3. The van der Waals surface area contributed by atoms with Gasteiger partial charge in [0.2, 0.25) is 0 Å². The number of carbonyl (C=O) groups excluding carboxylic acids is 2. The number of nitrogens with one attached hydrogen (secondary N) is 1. The number of aromatic amines is 1. The van der Waals surface area contributed by atoms with Crippen molar-refractivity contribution in [2.45, 2.75) is 0 Å². The quantitative estimate of drug-likeness (QED) is 0.672. The van der Waals surface area contributed by atoms with Gasteiger partial charge in [-0.3, -0.25) is 9.89 Å². The van der Waals surface area contributed by atoms with Crippen LogP contribution in [0, 0.1) is 0 Å². The number of hydrogen-bond acceptors (Lipinski definition) is 4. The normalized spacial score (nSPS) is 17.2. The SMILES string of the molecule is O=C(c1ccc(/C=C/c2n[nH]c3ccccc23)cc1)N1CCN(C(=O)N2CCOCC2)CC1. The number of piperazine rings is 1. The first-order valence-corrected chi connectivity index (χ1v) is 11.3. The second-order valence-corrected chi connectivity index (χ2v) is 8.27. The van der Waals surface area contributed by atoms with Crippen molar-refractivity contribution in [3.63, 3.8) is 0 Å². The summed E-state index contributed by atoms with van der Waals surface area (Å²) in [5.41, 5.74) is 3.55. The summed E-state index contributed by atoms with van der Waals surface area (Å²) in [4.78, 5) is 31.1. The molecule has 8 nitrogen and oxygen atoms in total. The number of urea groups is 1. The van der Waals surface area contributed by atoms with Crippen LogP contribution < -0.4 is 0 Å². The van der Waals surface area contributed by atoms with Crippen LogP contribution in [0.3, 0.4) is 0 Å². The maximum Gasteiger partial charge on any atom is 0.320 e. The highest BCUT2D eigenvalue weighted by molar-refractivity contribution is 5.95. The second kappa shape index (κ2) is 9.46. The first kappa shape index (κ1) is 21.2. The van der Waals surface area contributed by atoms with Crippen LogP contribution in [0.5, 0.6) is 0 Å². The average Bonchev–Trinajstić information content (AvgIpc) is 3.31. The molecule has 1 aromatic heterocycles. The Bertz CT molecular complexity index is 1160. The lowest BCUT2D eigenvalue weighted by molar-refractivity contribution is 0.0362. The van der Waals surface area contributed by atoms with E-state index in [4.69, 9.17) is 4.74 Å². The lowest BCUT2D eigenvalue weighted by atomic mass is 10.1. The van der Waals surface area contributed by atoms with E-state index in [9.17, 15) is 9.59 Å². The maximum absolute atomic E-state index is 12.9. The van der Waals surface area contributed by atoms with Gasteiger partial charge in [-0.15, -0.1) is 0 Å². The molecule has 2 aliphatic rings. The van der Waals surface area contributed by atoms with Crippen molar-refractivity contribution in [1.82, 2.24) is 24.9 Å². The molecule has 5 rings (SSSR count). The Balaban J connectivity index is 1.17. The fourth-order valence-corrected chi connectivity index (χ4v) is 4.26. The van der Waals surface area contributed by atoms with E-state index in [1.807, 2.05) is 75.4 Å². The minimum atomic E-state index is 0.00213. The molecule has 3 amide bonds. The van der Waals surface area contributed by atoms with Gasteiger partial charge in [0.1, 0.15) is 0 Å². The Morgan fingerprint density at radius 3 is 2.24 bits per heavy atom. The topological polar surface area (TPSA) is 81.8 Å². The number of morpholine rings is 1. The number of para-hydroxylation sites is 1. The number of amides is 3. The second-order valence-electron chi connectivity index (χ2n) is 8.27. The summed E-state index contributed by atoms with van der Waals surface area (Å²) in [5, 5.41) is 8.46. The molecule has 3 heterocycles. The smallest absolute Gasteiger partial charge is 0.320 e. The fourth-order valence-electron chi connectivity index (χ4n) is 4.26. The third-order valence-corrected chi connectivity index (χ3v) is 6.21. The van der Waals surface area contributed by atoms with Crippen LogP contribution in [0.1, 0.15) is 21.6 Å². The summed E-state index contributed by atoms with van der Waals surface area (Å²) in [6.07, 6.45) is 3.97. The Morgan fingerprint density at radius 1 is 0.818 bits per heavy atom. The van der Waals surface area contributed by atoms with Gasteiger partial charge in [0.05, 0.1) is 24.4 Å². The Kier molecular flexibility index (Phi) is 6.08. The first-order valence-electron chi connectivity index (χ1n) is 11.3. The molecule has 2 aliphatic heterocycles. The van der Waals surface area contributed by atoms with Gasteiger partial charge in [0, 0.05) is 50.2 Å². The Hall–Kier alpha value is -3.65. The molecule has 0 spiro atoms. The van der Waals surface area contributed by atoms with Crippen molar-refractivity contribution < 1.29 is 14.3 Å². The first-order chi connectivity index (χ1) is 16.2. The van der Waals surface area contributed by atoms with E-state index >= 15 is 0 Å². The molecule has 0 atom stereocenters. The van der Waals surface area contributed by atoms with Crippen molar-refractivity contribution in [2.24, 2.45) is 0 Å². The van der Waals surface area contributed by atoms with E-state index in [0.29, 0.717) is 58.0 Å². The monoisotopic (exact) mass is 445 g/mol. The molecule has 2 aromatic carbocycles. The molecule has 8 heteroatoms. The van der Waals surface area contributed by atoms with Gasteiger partial charge < -0.3 is 19.4 Å². The molecule has 0 bridgehead atoms. The lowest BCUT2D eigenvalue weighted by Crippen LogP contribution is -2.55. The highest BCUT2D eigenvalue weighted by Crippen LogP contribution is 2.18.